The third-order valence-electron chi connectivity index (χ3n) is 5.97. The zero-order valence-electron chi connectivity index (χ0n) is 18.6. The van der Waals surface area contributed by atoms with Gasteiger partial charge in [0.2, 0.25) is 11.8 Å². The fraction of sp³-hybridized carbons (Fsp3) is 0.360. The summed E-state index contributed by atoms with van der Waals surface area (Å²) in [6.07, 6.45) is 0.739. The Bertz CT molecular complexity index is 1150. The Morgan fingerprint density at radius 3 is 2.67 bits per heavy atom. The van der Waals surface area contributed by atoms with E-state index in [-0.39, 0.29) is 5.75 Å². The molecule has 8 heteroatoms. The second kappa shape index (κ2) is 9.41. The van der Waals surface area contributed by atoms with E-state index in [2.05, 4.69) is 46.0 Å². The summed E-state index contributed by atoms with van der Waals surface area (Å²) in [5.41, 5.74) is 4.20. The van der Waals surface area contributed by atoms with E-state index >= 15 is 0 Å². The lowest BCUT2D eigenvalue weighted by Gasteiger charge is -2.32. The average Bonchev–Trinajstić information content (AvgIpc) is 2.81. The first kappa shape index (κ1) is 21.7. The van der Waals surface area contributed by atoms with Gasteiger partial charge in [0.25, 0.3) is 0 Å². The fourth-order valence-electron chi connectivity index (χ4n) is 4.28. The van der Waals surface area contributed by atoms with Gasteiger partial charge in [-0.05, 0) is 24.6 Å². The maximum Gasteiger partial charge on any atom is 0.229 e. The van der Waals surface area contributed by atoms with Gasteiger partial charge in [0.05, 0.1) is 24.5 Å². The van der Waals surface area contributed by atoms with Crippen LogP contribution in [0.5, 0.6) is 11.6 Å². The Morgan fingerprint density at radius 1 is 1.03 bits per heavy atom. The van der Waals surface area contributed by atoms with Crippen molar-refractivity contribution in [2.45, 2.75) is 26.4 Å². The van der Waals surface area contributed by atoms with Gasteiger partial charge in [0.15, 0.2) is 11.6 Å². The van der Waals surface area contributed by atoms with E-state index in [1.165, 1.54) is 23.3 Å². The van der Waals surface area contributed by atoms with Crippen LogP contribution in [0, 0.1) is 18.6 Å². The van der Waals surface area contributed by atoms with Crippen LogP contribution in [0.3, 0.4) is 0 Å². The first-order valence-corrected chi connectivity index (χ1v) is 11.2. The highest BCUT2D eigenvalue weighted by molar-refractivity contribution is 5.44. The zero-order valence-corrected chi connectivity index (χ0v) is 18.6. The van der Waals surface area contributed by atoms with Gasteiger partial charge in [-0.3, -0.25) is 4.90 Å². The van der Waals surface area contributed by atoms with Gasteiger partial charge in [-0.2, -0.15) is 4.98 Å². The Kier molecular flexibility index (Phi) is 6.20. The number of anilines is 1. The standard InChI is InChI=1S/C25H26F2N4O2/c1-17-3-2-4-18(13-17)15-30-8-7-22-20(16-30)24(33-23-6-5-19(26)14-21(23)27)29-25(28-22)31-9-11-32-12-10-31/h2-6,13-14H,7-12,15-16H2,1H3. The molecule has 33 heavy (non-hydrogen) atoms. The van der Waals surface area contributed by atoms with Crippen molar-refractivity contribution >= 4 is 5.95 Å². The molecule has 0 saturated carbocycles. The molecule has 0 atom stereocenters. The van der Waals surface area contributed by atoms with Crippen LogP contribution in [-0.4, -0.2) is 47.7 Å². The number of ether oxygens (including phenoxy) is 2. The van der Waals surface area contributed by atoms with Gasteiger partial charge >= 0.3 is 0 Å². The van der Waals surface area contributed by atoms with E-state index in [0.29, 0.717) is 44.7 Å². The first-order valence-electron chi connectivity index (χ1n) is 11.2. The molecule has 0 amide bonds. The molecular formula is C25H26F2N4O2. The fourth-order valence-corrected chi connectivity index (χ4v) is 4.28. The normalized spacial score (nSPS) is 16.5. The molecular weight excluding hydrogens is 426 g/mol. The maximum absolute atomic E-state index is 14.4. The summed E-state index contributed by atoms with van der Waals surface area (Å²) in [5.74, 6) is -0.589. The molecule has 172 valence electrons. The summed E-state index contributed by atoms with van der Waals surface area (Å²) < 4.78 is 39.2. The van der Waals surface area contributed by atoms with Crippen molar-refractivity contribution < 1.29 is 18.3 Å². The summed E-state index contributed by atoms with van der Waals surface area (Å²) >= 11 is 0. The second-order valence-corrected chi connectivity index (χ2v) is 8.48. The molecule has 0 N–H and O–H groups in total. The molecule has 1 saturated heterocycles. The van der Waals surface area contributed by atoms with Gasteiger partial charge in [0.1, 0.15) is 5.82 Å². The minimum Gasteiger partial charge on any atom is -0.435 e. The lowest BCUT2D eigenvalue weighted by atomic mass is 10.0. The van der Waals surface area contributed by atoms with Gasteiger partial charge < -0.3 is 14.4 Å². The summed E-state index contributed by atoms with van der Waals surface area (Å²) in [7, 11) is 0. The van der Waals surface area contributed by atoms with Gasteiger partial charge in [-0.15, -0.1) is 0 Å². The molecule has 5 rings (SSSR count). The molecule has 0 aliphatic carbocycles. The molecule has 1 fully saturated rings. The van der Waals surface area contributed by atoms with Gasteiger partial charge in [0, 0.05) is 45.2 Å². The number of nitrogens with zero attached hydrogens (tertiary/aromatic N) is 4. The van der Waals surface area contributed by atoms with Crippen molar-refractivity contribution in [3.05, 3.63) is 76.5 Å². The molecule has 1 aromatic heterocycles. The summed E-state index contributed by atoms with van der Waals surface area (Å²) in [6.45, 7) is 6.89. The highest BCUT2D eigenvalue weighted by Crippen LogP contribution is 2.33. The van der Waals surface area contributed by atoms with Crippen molar-refractivity contribution in [1.82, 2.24) is 14.9 Å². The molecule has 0 spiro atoms. The predicted molar refractivity (Wildman–Crippen MR) is 120 cm³/mol. The minimum atomic E-state index is -0.761. The van der Waals surface area contributed by atoms with Crippen LogP contribution in [0.25, 0.3) is 0 Å². The first-order chi connectivity index (χ1) is 16.0. The lowest BCUT2D eigenvalue weighted by molar-refractivity contribution is 0.122. The number of hydrogen-bond donors (Lipinski definition) is 0. The number of rotatable bonds is 5. The third-order valence-corrected chi connectivity index (χ3v) is 5.97. The van der Waals surface area contributed by atoms with Crippen molar-refractivity contribution in [3.63, 3.8) is 0 Å². The van der Waals surface area contributed by atoms with Crippen LogP contribution in [0.2, 0.25) is 0 Å². The van der Waals surface area contributed by atoms with E-state index in [9.17, 15) is 8.78 Å². The lowest BCUT2D eigenvalue weighted by Crippen LogP contribution is -2.38. The highest BCUT2D eigenvalue weighted by atomic mass is 19.1. The number of morpholine rings is 1. The van der Waals surface area contributed by atoms with Gasteiger partial charge in [-0.25, -0.2) is 13.8 Å². The molecule has 6 nitrogen and oxygen atoms in total. The van der Waals surface area contributed by atoms with Crippen molar-refractivity contribution in [2.24, 2.45) is 0 Å². The Labute approximate surface area is 191 Å². The summed E-state index contributed by atoms with van der Waals surface area (Å²) in [5, 5.41) is 0. The molecule has 0 unspecified atom stereocenters. The number of benzene rings is 2. The molecule has 0 radical (unpaired) electrons. The number of aryl methyl sites for hydroxylation is 1. The van der Waals surface area contributed by atoms with Crippen LogP contribution in [0.4, 0.5) is 14.7 Å². The maximum atomic E-state index is 14.4. The molecule has 3 aromatic rings. The topological polar surface area (TPSA) is 50.7 Å². The van der Waals surface area contributed by atoms with Crippen LogP contribution >= 0.6 is 0 Å². The van der Waals surface area contributed by atoms with Crippen molar-refractivity contribution in [3.8, 4) is 11.6 Å². The third kappa shape index (κ3) is 4.96. The number of fused-ring (bicyclic) bond motifs is 1. The monoisotopic (exact) mass is 452 g/mol. The van der Waals surface area contributed by atoms with Crippen LogP contribution in [0.1, 0.15) is 22.4 Å². The zero-order chi connectivity index (χ0) is 22.8. The Morgan fingerprint density at radius 2 is 1.88 bits per heavy atom. The average molecular weight is 453 g/mol. The summed E-state index contributed by atoms with van der Waals surface area (Å²) in [4.78, 5) is 13.9. The molecule has 2 aromatic carbocycles. The van der Waals surface area contributed by atoms with Crippen LogP contribution in [0.15, 0.2) is 42.5 Å². The van der Waals surface area contributed by atoms with E-state index in [1.54, 1.807) is 0 Å². The van der Waals surface area contributed by atoms with E-state index < -0.39 is 11.6 Å². The number of aromatic nitrogens is 2. The Balaban J connectivity index is 1.47. The molecule has 2 aliphatic rings. The predicted octanol–water partition coefficient (Wildman–Crippen LogP) is 4.25. The SMILES string of the molecule is Cc1cccc(CN2CCc3nc(N4CCOCC4)nc(Oc4ccc(F)cc4F)c3C2)c1. The highest BCUT2D eigenvalue weighted by Gasteiger charge is 2.26. The summed E-state index contributed by atoms with van der Waals surface area (Å²) in [6, 6.07) is 11.7. The quantitative estimate of drug-likeness (QED) is 0.577. The largest absolute Gasteiger partial charge is 0.435 e. The van der Waals surface area contributed by atoms with Gasteiger partial charge in [-0.1, -0.05) is 29.8 Å². The van der Waals surface area contributed by atoms with Crippen molar-refractivity contribution in [1.29, 1.82) is 0 Å². The smallest absolute Gasteiger partial charge is 0.229 e. The van der Waals surface area contributed by atoms with Crippen molar-refractivity contribution in [2.75, 3.05) is 37.7 Å². The number of halogens is 2. The van der Waals surface area contributed by atoms with Crippen LogP contribution in [-0.2, 0) is 24.2 Å². The van der Waals surface area contributed by atoms with E-state index in [1.807, 2.05) is 0 Å². The molecule has 3 heterocycles. The Hall–Kier alpha value is -3.10. The minimum absolute atomic E-state index is 0.0546. The second-order valence-electron chi connectivity index (χ2n) is 8.48. The van der Waals surface area contributed by atoms with Crippen LogP contribution < -0.4 is 9.64 Å². The van der Waals surface area contributed by atoms with E-state index in [4.69, 9.17) is 14.5 Å². The number of hydrogen-bond acceptors (Lipinski definition) is 6. The molecule has 2 aliphatic heterocycles. The van der Waals surface area contributed by atoms with E-state index in [0.717, 1.165) is 36.8 Å². The molecule has 0 bridgehead atoms.